The predicted molar refractivity (Wildman–Crippen MR) is 100 cm³/mol. The summed E-state index contributed by atoms with van der Waals surface area (Å²) in [4.78, 5) is 54.9. The molecule has 28 heavy (non-hydrogen) atoms. The quantitative estimate of drug-likeness (QED) is 0.793. The van der Waals surface area contributed by atoms with Crippen LogP contribution in [0.2, 0.25) is 0 Å². The van der Waals surface area contributed by atoms with Gasteiger partial charge in [-0.25, -0.2) is 9.59 Å². The van der Waals surface area contributed by atoms with Gasteiger partial charge in [-0.2, -0.15) is 0 Å². The van der Waals surface area contributed by atoms with Crippen molar-refractivity contribution >= 4 is 23.9 Å². The van der Waals surface area contributed by atoms with Crippen molar-refractivity contribution in [1.82, 2.24) is 10.4 Å². The second-order valence-corrected chi connectivity index (χ2v) is 8.71. The van der Waals surface area contributed by atoms with E-state index in [-0.39, 0.29) is 11.1 Å². The van der Waals surface area contributed by atoms with Crippen LogP contribution < -0.4 is 5.32 Å². The Morgan fingerprint density at radius 2 is 1.36 bits per heavy atom. The lowest BCUT2D eigenvalue weighted by Gasteiger charge is -2.40. The Hall–Kier alpha value is -2.90. The summed E-state index contributed by atoms with van der Waals surface area (Å²) in [6.45, 7) is 11.5. The van der Waals surface area contributed by atoms with Crippen molar-refractivity contribution in [3.63, 3.8) is 0 Å². The fraction of sp³-hybridized carbons (Fsp3) is 0.500. The van der Waals surface area contributed by atoms with Crippen LogP contribution in [-0.2, 0) is 14.4 Å². The highest BCUT2D eigenvalue weighted by atomic mass is 16.7. The molecule has 1 aliphatic rings. The number of nitrogens with zero attached hydrogens (tertiary/aromatic N) is 1. The lowest BCUT2D eigenvalue weighted by atomic mass is 9.74. The van der Waals surface area contributed by atoms with Crippen LogP contribution in [0, 0.1) is 5.41 Å². The van der Waals surface area contributed by atoms with E-state index in [1.165, 1.54) is 12.1 Å². The van der Waals surface area contributed by atoms with Crippen molar-refractivity contribution in [3.8, 4) is 0 Å². The molecule has 2 rings (SSSR count). The molecule has 0 bridgehead atoms. The smallest absolute Gasteiger partial charge is 0.408 e. The van der Waals surface area contributed by atoms with E-state index >= 15 is 0 Å². The highest BCUT2D eigenvalue weighted by Crippen LogP contribution is 2.34. The number of hydroxylamine groups is 2. The summed E-state index contributed by atoms with van der Waals surface area (Å²) in [5, 5.41) is 3.10. The Labute approximate surface area is 164 Å². The van der Waals surface area contributed by atoms with Crippen LogP contribution in [0.4, 0.5) is 4.79 Å². The van der Waals surface area contributed by atoms with Gasteiger partial charge in [0.15, 0.2) is 0 Å². The van der Waals surface area contributed by atoms with Gasteiger partial charge in [0.25, 0.3) is 11.8 Å². The van der Waals surface area contributed by atoms with Crippen LogP contribution >= 0.6 is 0 Å². The number of fused-ring (bicyclic) bond motifs is 1. The second-order valence-electron chi connectivity index (χ2n) is 8.71. The van der Waals surface area contributed by atoms with Crippen molar-refractivity contribution in [2.24, 2.45) is 5.41 Å². The average molecular weight is 390 g/mol. The topological polar surface area (TPSA) is 102 Å². The van der Waals surface area contributed by atoms with E-state index in [1.54, 1.807) is 60.6 Å². The molecule has 3 amide bonds. The molecule has 1 N–H and O–H groups in total. The SMILES string of the molecule is CC(C)(C)OC(=O)NC(C)(C)C(C)(C)C(=O)ON1C(=O)c2ccccc2C1=O. The molecular formula is C20H26N2O6. The van der Waals surface area contributed by atoms with Gasteiger partial charge in [0.1, 0.15) is 5.60 Å². The molecule has 0 atom stereocenters. The number of amides is 3. The number of ether oxygens (including phenoxy) is 1. The molecule has 0 aromatic heterocycles. The molecule has 0 saturated carbocycles. The standard InChI is InChI=1S/C20H26N2O6/c1-18(2,3)27-17(26)21-20(6,7)19(4,5)16(25)28-22-14(23)12-10-8-9-11-13(12)15(22)24/h8-11H,1-7H3,(H,21,26). The molecule has 1 aromatic carbocycles. The van der Waals surface area contributed by atoms with Gasteiger partial charge in [-0.05, 0) is 60.6 Å². The van der Waals surface area contributed by atoms with E-state index in [4.69, 9.17) is 9.57 Å². The average Bonchev–Trinajstić information content (AvgIpc) is 2.77. The zero-order valence-electron chi connectivity index (χ0n) is 17.2. The number of hydrogen-bond acceptors (Lipinski definition) is 6. The fourth-order valence-corrected chi connectivity index (χ4v) is 2.42. The molecule has 0 fully saturated rings. The molecule has 0 aliphatic carbocycles. The van der Waals surface area contributed by atoms with Crippen LogP contribution in [-0.4, -0.2) is 40.1 Å². The summed E-state index contributed by atoms with van der Waals surface area (Å²) < 4.78 is 5.24. The Morgan fingerprint density at radius 1 is 0.893 bits per heavy atom. The first-order chi connectivity index (χ1) is 12.7. The number of carbonyl (C=O) groups excluding carboxylic acids is 4. The third kappa shape index (κ3) is 4.00. The van der Waals surface area contributed by atoms with Crippen LogP contribution in [0.5, 0.6) is 0 Å². The maximum atomic E-state index is 12.8. The highest BCUT2D eigenvalue weighted by Gasteiger charge is 2.49. The first-order valence-electron chi connectivity index (χ1n) is 8.89. The molecule has 1 heterocycles. The lowest BCUT2D eigenvalue weighted by molar-refractivity contribution is -0.183. The fourth-order valence-electron chi connectivity index (χ4n) is 2.42. The number of imide groups is 1. The van der Waals surface area contributed by atoms with Crippen LogP contribution in [0.1, 0.15) is 69.2 Å². The third-order valence-electron chi connectivity index (χ3n) is 4.82. The molecule has 0 saturated heterocycles. The molecule has 0 unspecified atom stereocenters. The summed E-state index contributed by atoms with van der Waals surface area (Å²) in [7, 11) is 0. The van der Waals surface area contributed by atoms with Gasteiger partial charge < -0.3 is 14.9 Å². The zero-order valence-corrected chi connectivity index (χ0v) is 17.2. The van der Waals surface area contributed by atoms with Crippen molar-refractivity contribution < 1.29 is 28.8 Å². The number of benzene rings is 1. The van der Waals surface area contributed by atoms with Crippen LogP contribution in [0.3, 0.4) is 0 Å². The normalized spacial score (nSPS) is 14.6. The number of rotatable bonds is 4. The maximum absolute atomic E-state index is 12.8. The largest absolute Gasteiger partial charge is 0.444 e. The Morgan fingerprint density at radius 3 is 1.79 bits per heavy atom. The minimum Gasteiger partial charge on any atom is -0.444 e. The molecule has 8 heteroatoms. The van der Waals surface area contributed by atoms with E-state index in [9.17, 15) is 19.2 Å². The summed E-state index contributed by atoms with van der Waals surface area (Å²) in [6, 6.07) is 6.21. The number of hydrogen-bond donors (Lipinski definition) is 1. The van der Waals surface area contributed by atoms with E-state index in [1.807, 2.05) is 0 Å². The number of carbonyl (C=O) groups is 4. The molecule has 8 nitrogen and oxygen atoms in total. The monoisotopic (exact) mass is 390 g/mol. The van der Waals surface area contributed by atoms with Crippen molar-refractivity contribution in [3.05, 3.63) is 35.4 Å². The first-order valence-corrected chi connectivity index (χ1v) is 8.89. The molecule has 0 spiro atoms. The molecule has 0 radical (unpaired) electrons. The zero-order chi connectivity index (χ0) is 21.5. The van der Waals surface area contributed by atoms with Gasteiger partial charge >= 0.3 is 12.1 Å². The summed E-state index contributed by atoms with van der Waals surface area (Å²) in [5.74, 6) is -2.26. The van der Waals surface area contributed by atoms with Crippen molar-refractivity contribution in [2.75, 3.05) is 0 Å². The Bertz CT molecular complexity index is 800. The third-order valence-corrected chi connectivity index (χ3v) is 4.82. The van der Waals surface area contributed by atoms with Gasteiger partial charge in [-0.15, -0.1) is 0 Å². The maximum Gasteiger partial charge on any atom is 0.408 e. The minimum atomic E-state index is -1.29. The van der Waals surface area contributed by atoms with Gasteiger partial charge in [-0.3, -0.25) is 9.59 Å². The Balaban J connectivity index is 2.15. The van der Waals surface area contributed by atoms with Gasteiger partial charge in [0.2, 0.25) is 0 Å². The van der Waals surface area contributed by atoms with E-state index < -0.39 is 40.4 Å². The lowest BCUT2D eigenvalue weighted by Crippen LogP contribution is -2.58. The van der Waals surface area contributed by atoms with Gasteiger partial charge in [-0.1, -0.05) is 17.2 Å². The Kier molecular flexibility index (Phi) is 5.29. The van der Waals surface area contributed by atoms with E-state index in [0.29, 0.717) is 5.06 Å². The van der Waals surface area contributed by atoms with Crippen molar-refractivity contribution in [2.45, 2.75) is 59.6 Å². The predicted octanol–water partition coefficient (Wildman–Crippen LogP) is 3.07. The van der Waals surface area contributed by atoms with E-state index in [2.05, 4.69) is 5.32 Å². The molecule has 1 aromatic rings. The molecule has 1 aliphatic heterocycles. The summed E-state index contributed by atoms with van der Waals surface area (Å²) in [5.41, 5.74) is -2.76. The van der Waals surface area contributed by atoms with Crippen LogP contribution in [0.15, 0.2) is 24.3 Å². The number of nitrogens with one attached hydrogen (secondary N) is 1. The van der Waals surface area contributed by atoms with Gasteiger partial charge in [0.05, 0.1) is 22.1 Å². The van der Waals surface area contributed by atoms with E-state index in [0.717, 1.165) is 0 Å². The van der Waals surface area contributed by atoms with Crippen molar-refractivity contribution in [1.29, 1.82) is 0 Å². The second kappa shape index (κ2) is 6.92. The minimum absolute atomic E-state index is 0.171. The van der Waals surface area contributed by atoms with Crippen LogP contribution in [0.25, 0.3) is 0 Å². The summed E-state index contributed by atoms with van der Waals surface area (Å²) >= 11 is 0. The number of alkyl carbamates (subject to hydrolysis) is 1. The first kappa shape index (κ1) is 21.4. The highest BCUT2D eigenvalue weighted by molar-refractivity contribution is 6.20. The summed E-state index contributed by atoms with van der Waals surface area (Å²) in [6.07, 6.45) is -0.695. The molecule has 152 valence electrons. The van der Waals surface area contributed by atoms with Gasteiger partial charge in [0, 0.05) is 0 Å². The molecular weight excluding hydrogens is 364 g/mol.